The molecule has 0 amide bonds. The van der Waals surface area contributed by atoms with Crippen LogP contribution in [0.25, 0.3) is 11.5 Å². The molecule has 84 valence electrons. The van der Waals surface area contributed by atoms with Gasteiger partial charge in [0.25, 0.3) is 0 Å². The smallest absolute Gasteiger partial charge is 0.247 e. The van der Waals surface area contributed by atoms with E-state index in [0.717, 1.165) is 6.54 Å². The molecular formula is C11H12FN3O. The molecule has 0 spiro atoms. The lowest BCUT2D eigenvalue weighted by atomic mass is 10.2. The quantitative estimate of drug-likeness (QED) is 0.852. The van der Waals surface area contributed by atoms with Crippen molar-refractivity contribution in [2.75, 3.05) is 13.6 Å². The van der Waals surface area contributed by atoms with Crippen molar-refractivity contribution in [2.45, 2.75) is 6.42 Å². The van der Waals surface area contributed by atoms with Gasteiger partial charge in [-0.25, -0.2) is 4.39 Å². The number of nitrogens with zero attached hydrogens (tertiary/aromatic N) is 2. The fourth-order valence-electron chi connectivity index (χ4n) is 1.32. The maximum absolute atomic E-state index is 13.0. The van der Waals surface area contributed by atoms with E-state index >= 15 is 0 Å². The summed E-state index contributed by atoms with van der Waals surface area (Å²) in [5.74, 6) is 0.590. The van der Waals surface area contributed by atoms with Gasteiger partial charge < -0.3 is 9.73 Å². The van der Waals surface area contributed by atoms with Gasteiger partial charge in [-0.2, -0.15) is 0 Å². The Kier molecular flexibility index (Phi) is 3.26. The zero-order valence-corrected chi connectivity index (χ0v) is 8.90. The van der Waals surface area contributed by atoms with Gasteiger partial charge in [-0.05, 0) is 25.2 Å². The normalized spacial score (nSPS) is 10.6. The number of aromatic nitrogens is 2. The van der Waals surface area contributed by atoms with Gasteiger partial charge in [0.05, 0.1) is 0 Å². The second-order valence-corrected chi connectivity index (χ2v) is 3.36. The van der Waals surface area contributed by atoms with E-state index < -0.39 is 0 Å². The molecule has 0 fully saturated rings. The van der Waals surface area contributed by atoms with Crippen LogP contribution < -0.4 is 5.32 Å². The lowest BCUT2D eigenvalue weighted by molar-refractivity contribution is 0.499. The van der Waals surface area contributed by atoms with Gasteiger partial charge in [0.15, 0.2) is 0 Å². The van der Waals surface area contributed by atoms with Crippen molar-refractivity contribution in [1.29, 1.82) is 0 Å². The van der Waals surface area contributed by atoms with Gasteiger partial charge >= 0.3 is 0 Å². The molecule has 16 heavy (non-hydrogen) atoms. The molecule has 0 saturated carbocycles. The van der Waals surface area contributed by atoms with Crippen LogP contribution in [0.4, 0.5) is 4.39 Å². The van der Waals surface area contributed by atoms with E-state index in [1.54, 1.807) is 12.1 Å². The van der Waals surface area contributed by atoms with Crippen LogP contribution in [0.2, 0.25) is 0 Å². The minimum absolute atomic E-state index is 0.313. The van der Waals surface area contributed by atoms with Crippen molar-refractivity contribution in [3.63, 3.8) is 0 Å². The van der Waals surface area contributed by atoms with Crippen LogP contribution in [0, 0.1) is 5.82 Å². The molecule has 0 aliphatic heterocycles. The van der Waals surface area contributed by atoms with Crippen molar-refractivity contribution >= 4 is 0 Å². The number of benzene rings is 1. The van der Waals surface area contributed by atoms with Gasteiger partial charge in [-0.3, -0.25) is 0 Å². The topological polar surface area (TPSA) is 51.0 Å². The molecule has 0 unspecified atom stereocenters. The van der Waals surface area contributed by atoms with Gasteiger partial charge in [-0.1, -0.05) is 6.07 Å². The van der Waals surface area contributed by atoms with Crippen LogP contribution in [-0.4, -0.2) is 23.8 Å². The molecule has 2 rings (SSSR count). The Morgan fingerprint density at radius 3 is 3.00 bits per heavy atom. The molecule has 2 aromatic rings. The minimum Gasteiger partial charge on any atom is -0.421 e. The summed E-state index contributed by atoms with van der Waals surface area (Å²) in [5, 5.41) is 10.7. The lowest BCUT2D eigenvalue weighted by Gasteiger charge is -1.94. The lowest BCUT2D eigenvalue weighted by Crippen LogP contribution is -2.10. The zero-order valence-electron chi connectivity index (χ0n) is 8.90. The molecule has 1 aromatic heterocycles. The third kappa shape index (κ3) is 2.43. The van der Waals surface area contributed by atoms with E-state index in [9.17, 15) is 4.39 Å². The minimum atomic E-state index is -0.313. The van der Waals surface area contributed by atoms with Gasteiger partial charge in [0, 0.05) is 18.5 Å². The number of likely N-dealkylation sites (N-methyl/N-ethyl adjacent to an activating group) is 1. The highest BCUT2D eigenvalue weighted by Crippen LogP contribution is 2.18. The van der Waals surface area contributed by atoms with E-state index in [0.29, 0.717) is 23.8 Å². The van der Waals surface area contributed by atoms with E-state index in [1.807, 2.05) is 7.05 Å². The zero-order chi connectivity index (χ0) is 11.4. The molecule has 4 nitrogen and oxygen atoms in total. The highest BCUT2D eigenvalue weighted by molar-refractivity contribution is 5.52. The first-order valence-corrected chi connectivity index (χ1v) is 5.02. The fraction of sp³-hybridized carbons (Fsp3) is 0.273. The third-order valence-corrected chi connectivity index (χ3v) is 2.13. The Hall–Kier alpha value is -1.75. The first-order valence-electron chi connectivity index (χ1n) is 5.02. The van der Waals surface area contributed by atoms with Crippen LogP contribution in [0.1, 0.15) is 5.89 Å². The Morgan fingerprint density at radius 2 is 2.25 bits per heavy atom. The van der Waals surface area contributed by atoms with Crippen LogP contribution in [-0.2, 0) is 6.42 Å². The van der Waals surface area contributed by atoms with E-state index in [2.05, 4.69) is 15.5 Å². The van der Waals surface area contributed by atoms with E-state index in [-0.39, 0.29) is 5.82 Å². The number of hydrogen-bond donors (Lipinski definition) is 1. The highest BCUT2D eigenvalue weighted by atomic mass is 19.1. The summed E-state index contributed by atoms with van der Waals surface area (Å²) in [4.78, 5) is 0. The first-order chi connectivity index (χ1) is 7.79. The van der Waals surface area contributed by atoms with E-state index in [4.69, 9.17) is 4.42 Å². The van der Waals surface area contributed by atoms with Gasteiger partial charge in [-0.15, -0.1) is 10.2 Å². The van der Waals surface area contributed by atoms with Crippen molar-refractivity contribution < 1.29 is 8.81 Å². The maximum atomic E-state index is 13.0. The second kappa shape index (κ2) is 4.85. The number of rotatable bonds is 4. The molecular weight excluding hydrogens is 209 g/mol. The summed E-state index contributed by atoms with van der Waals surface area (Å²) < 4.78 is 18.4. The molecule has 1 N–H and O–H groups in total. The van der Waals surface area contributed by atoms with Crippen LogP contribution in [0.3, 0.4) is 0 Å². The Morgan fingerprint density at radius 1 is 1.38 bits per heavy atom. The Labute approximate surface area is 92.5 Å². The number of hydrogen-bond acceptors (Lipinski definition) is 4. The highest BCUT2D eigenvalue weighted by Gasteiger charge is 2.08. The SMILES string of the molecule is CNCCc1nnc(-c2cccc(F)c2)o1. The van der Waals surface area contributed by atoms with Gasteiger partial charge in [0.1, 0.15) is 5.82 Å². The molecule has 0 radical (unpaired) electrons. The molecule has 0 saturated heterocycles. The first kappa shape index (κ1) is 10.8. The predicted molar refractivity (Wildman–Crippen MR) is 57.3 cm³/mol. The summed E-state index contributed by atoms with van der Waals surface area (Å²) in [6.07, 6.45) is 0.665. The molecule has 0 aliphatic rings. The third-order valence-electron chi connectivity index (χ3n) is 2.13. The summed E-state index contributed by atoms with van der Waals surface area (Å²) in [7, 11) is 1.85. The monoisotopic (exact) mass is 221 g/mol. The predicted octanol–water partition coefficient (Wildman–Crippen LogP) is 1.64. The van der Waals surface area contributed by atoms with Crippen molar-refractivity contribution in [3.8, 4) is 11.5 Å². The number of nitrogens with one attached hydrogen (secondary N) is 1. The second-order valence-electron chi connectivity index (χ2n) is 3.36. The maximum Gasteiger partial charge on any atom is 0.247 e. The van der Waals surface area contributed by atoms with E-state index in [1.165, 1.54) is 12.1 Å². The van der Waals surface area contributed by atoms with Crippen molar-refractivity contribution in [2.24, 2.45) is 0 Å². The average molecular weight is 221 g/mol. The van der Waals surface area contributed by atoms with Crippen molar-refractivity contribution in [1.82, 2.24) is 15.5 Å². The van der Waals surface area contributed by atoms with Crippen molar-refractivity contribution in [3.05, 3.63) is 36.0 Å². The van der Waals surface area contributed by atoms with Crippen LogP contribution in [0.5, 0.6) is 0 Å². The van der Waals surface area contributed by atoms with Crippen LogP contribution in [0.15, 0.2) is 28.7 Å². The molecule has 1 heterocycles. The molecule has 0 aliphatic carbocycles. The van der Waals surface area contributed by atoms with Crippen LogP contribution >= 0.6 is 0 Å². The Balaban J connectivity index is 2.18. The molecule has 0 bridgehead atoms. The molecule has 1 aromatic carbocycles. The fourth-order valence-corrected chi connectivity index (χ4v) is 1.32. The summed E-state index contributed by atoms with van der Waals surface area (Å²) in [6.45, 7) is 0.769. The summed E-state index contributed by atoms with van der Waals surface area (Å²) in [5.41, 5.74) is 0.600. The number of halogens is 1. The average Bonchev–Trinajstić information content (AvgIpc) is 2.75. The summed E-state index contributed by atoms with van der Waals surface area (Å²) in [6, 6.07) is 6.09. The Bertz CT molecular complexity index is 470. The van der Waals surface area contributed by atoms with Gasteiger partial charge in [0.2, 0.25) is 11.8 Å². The molecule has 5 heteroatoms. The largest absolute Gasteiger partial charge is 0.421 e. The standard InChI is InChI=1S/C11H12FN3O/c1-13-6-5-10-14-15-11(16-10)8-3-2-4-9(12)7-8/h2-4,7,13H,5-6H2,1H3. The molecule has 0 atom stereocenters. The summed E-state index contributed by atoms with van der Waals surface area (Å²) >= 11 is 0.